The molecule has 1 fully saturated rings. The first-order chi connectivity index (χ1) is 16.9. The van der Waals surface area contributed by atoms with E-state index in [4.69, 9.17) is 14.2 Å². The number of hydrogen-bond acceptors (Lipinski definition) is 5. The maximum Gasteiger partial charge on any atom is 0.246 e. The van der Waals surface area contributed by atoms with E-state index in [2.05, 4.69) is 11.1 Å². The second-order valence-corrected chi connectivity index (χ2v) is 9.17. The lowest BCUT2D eigenvalue weighted by molar-refractivity contribution is -0.160. The standard InChI is InChI=1S/C27H31N3O5/c1-6-15(2)29-14-23(31)30-20(27(29)32)13-18-17-9-7-8-10-19(17)28-24(18)25(30)16-11-21(33-3)26(35-5)22(12-16)34-4/h7-12,15,20,25,28H,6,13-14H2,1-5H3/t15-,20+,25-/m1/s1. The highest BCUT2D eigenvalue weighted by molar-refractivity contribution is 5.98. The number of hydrogen-bond donors (Lipinski definition) is 1. The predicted octanol–water partition coefficient (Wildman–Crippen LogP) is 3.68. The van der Waals surface area contributed by atoms with E-state index in [0.717, 1.165) is 34.1 Å². The molecule has 0 spiro atoms. The van der Waals surface area contributed by atoms with E-state index in [0.29, 0.717) is 23.7 Å². The van der Waals surface area contributed by atoms with Gasteiger partial charge in [-0.2, -0.15) is 0 Å². The van der Waals surface area contributed by atoms with E-state index in [9.17, 15) is 9.59 Å². The molecule has 3 aromatic rings. The number of nitrogens with zero attached hydrogens (tertiary/aromatic N) is 2. The summed E-state index contributed by atoms with van der Waals surface area (Å²) >= 11 is 0. The van der Waals surface area contributed by atoms with Crippen molar-refractivity contribution < 1.29 is 23.8 Å². The third-order valence-corrected chi connectivity index (χ3v) is 7.42. The summed E-state index contributed by atoms with van der Waals surface area (Å²) in [7, 11) is 4.69. The second kappa shape index (κ2) is 8.83. The Bertz CT molecular complexity index is 1270. The number of para-hydroxylation sites is 1. The van der Waals surface area contributed by atoms with Crippen molar-refractivity contribution in [2.24, 2.45) is 0 Å². The number of nitrogens with one attached hydrogen (secondary N) is 1. The molecule has 5 rings (SSSR count). The van der Waals surface area contributed by atoms with Crippen LogP contribution in [-0.2, 0) is 16.0 Å². The zero-order valence-corrected chi connectivity index (χ0v) is 20.8. The number of rotatable bonds is 6. The van der Waals surface area contributed by atoms with Crippen molar-refractivity contribution >= 4 is 22.7 Å². The Morgan fingerprint density at radius 2 is 1.74 bits per heavy atom. The van der Waals surface area contributed by atoms with Crippen LogP contribution < -0.4 is 14.2 Å². The smallest absolute Gasteiger partial charge is 0.246 e. The number of amides is 2. The van der Waals surface area contributed by atoms with E-state index >= 15 is 0 Å². The topological polar surface area (TPSA) is 84.1 Å². The van der Waals surface area contributed by atoms with E-state index in [-0.39, 0.29) is 24.4 Å². The summed E-state index contributed by atoms with van der Waals surface area (Å²) in [6.45, 7) is 4.10. The first kappa shape index (κ1) is 23.1. The van der Waals surface area contributed by atoms with Gasteiger partial charge in [-0.15, -0.1) is 0 Å². The Balaban J connectivity index is 1.74. The Hall–Kier alpha value is -3.68. The minimum Gasteiger partial charge on any atom is -0.493 e. The van der Waals surface area contributed by atoms with Crippen LogP contribution in [0.1, 0.15) is 43.1 Å². The summed E-state index contributed by atoms with van der Waals surface area (Å²) in [5.74, 6) is 1.40. The zero-order valence-electron chi connectivity index (χ0n) is 20.8. The number of aromatic nitrogens is 1. The van der Waals surface area contributed by atoms with Crippen molar-refractivity contribution in [3.63, 3.8) is 0 Å². The van der Waals surface area contributed by atoms with Gasteiger partial charge in [0, 0.05) is 29.1 Å². The number of carbonyl (C=O) groups is 2. The van der Waals surface area contributed by atoms with Gasteiger partial charge in [-0.05, 0) is 42.7 Å². The second-order valence-electron chi connectivity index (χ2n) is 9.17. The zero-order chi connectivity index (χ0) is 24.9. The summed E-state index contributed by atoms with van der Waals surface area (Å²) in [6, 6.07) is 10.7. The van der Waals surface area contributed by atoms with Gasteiger partial charge in [0.15, 0.2) is 11.5 Å². The molecule has 35 heavy (non-hydrogen) atoms. The molecule has 2 aliphatic rings. The summed E-state index contributed by atoms with van der Waals surface area (Å²) in [5.41, 5.74) is 3.74. The number of ether oxygens (including phenoxy) is 3. The number of aromatic amines is 1. The molecule has 2 aliphatic heterocycles. The van der Waals surface area contributed by atoms with E-state index < -0.39 is 12.1 Å². The van der Waals surface area contributed by atoms with Gasteiger partial charge in [-0.3, -0.25) is 9.59 Å². The summed E-state index contributed by atoms with van der Waals surface area (Å²) < 4.78 is 16.7. The van der Waals surface area contributed by atoms with Gasteiger partial charge in [-0.25, -0.2) is 0 Å². The van der Waals surface area contributed by atoms with Crippen molar-refractivity contribution in [2.45, 2.75) is 44.8 Å². The van der Waals surface area contributed by atoms with Crippen molar-refractivity contribution in [3.8, 4) is 17.2 Å². The fraction of sp³-hybridized carbons (Fsp3) is 0.407. The molecule has 2 amide bonds. The molecule has 3 atom stereocenters. The fourth-order valence-corrected chi connectivity index (χ4v) is 5.49. The fourth-order valence-electron chi connectivity index (χ4n) is 5.49. The molecule has 0 unspecified atom stereocenters. The number of H-pyrrole nitrogens is 1. The van der Waals surface area contributed by atoms with Gasteiger partial charge in [0.1, 0.15) is 12.6 Å². The number of fused-ring (bicyclic) bond motifs is 4. The number of methoxy groups -OCH3 is 3. The van der Waals surface area contributed by atoms with Gasteiger partial charge in [0.05, 0.1) is 27.4 Å². The largest absolute Gasteiger partial charge is 0.493 e. The van der Waals surface area contributed by atoms with E-state index in [1.165, 1.54) is 0 Å². The van der Waals surface area contributed by atoms with Gasteiger partial charge >= 0.3 is 0 Å². The van der Waals surface area contributed by atoms with Crippen LogP contribution in [0.4, 0.5) is 0 Å². The van der Waals surface area contributed by atoms with Gasteiger partial charge in [0.2, 0.25) is 17.6 Å². The Labute approximate surface area is 204 Å². The van der Waals surface area contributed by atoms with E-state index in [1.807, 2.05) is 44.2 Å². The molecule has 0 bridgehead atoms. The van der Waals surface area contributed by atoms with Gasteiger partial charge < -0.3 is 29.0 Å². The molecular weight excluding hydrogens is 446 g/mol. The molecule has 8 heteroatoms. The van der Waals surface area contributed by atoms with Gasteiger partial charge in [-0.1, -0.05) is 25.1 Å². The minimum atomic E-state index is -0.582. The van der Waals surface area contributed by atoms with Gasteiger partial charge in [0.25, 0.3) is 0 Å². The van der Waals surface area contributed by atoms with Crippen molar-refractivity contribution in [1.82, 2.24) is 14.8 Å². The molecule has 8 nitrogen and oxygen atoms in total. The first-order valence-corrected chi connectivity index (χ1v) is 11.9. The summed E-state index contributed by atoms with van der Waals surface area (Å²) in [6.07, 6.45) is 1.26. The number of carbonyl (C=O) groups excluding carboxylic acids is 2. The monoisotopic (exact) mass is 477 g/mol. The quantitative estimate of drug-likeness (QED) is 0.586. The molecule has 3 heterocycles. The van der Waals surface area contributed by atoms with Crippen LogP contribution in [0.15, 0.2) is 36.4 Å². The highest BCUT2D eigenvalue weighted by Gasteiger charge is 2.49. The number of benzene rings is 2. The van der Waals surface area contributed by atoms with Crippen molar-refractivity contribution in [1.29, 1.82) is 0 Å². The summed E-state index contributed by atoms with van der Waals surface area (Å²) in [5, 5.41) is 1.07. The highest BCUT2D eigenvalue weighted by Crippen LogP contribution is 2.47. The van der Waals surface area contributed by atoms with Crippen LogP contribution >= 0.6 is 0 Å². The third-order valence-electron chi connectivity index (χ3n) is 7.42. The third kappa shape index (κ3) is 3.50. The van der Waals surface area contributed by atoms with Crippen LogP contribution in [0.3, 0.4) is 0 Å². The SMILES string of the molecule is CC[C@@H](C)N1CC(=O)N2[C@H](c3cc(OC)c(OC)c(OC)c3)c3[nH]c4ccccc4c3C[C@H]2C1=O. The molecule has 1 saturated heterocycles. The molecule has 184 valence electrons. The molecule has 0 radical (unpaired) electrons. The molecule has 1 aromatic heterocycles. The Kier molecular flexibility index (Phi) is 5.83. The number of piperazine rings is 1. The van der Waals surface area contributed by atoms with Crippen molar-refractivity contribution in [2.75, 3.05) is 27.9 Å². The normalized spacial score (nSPS) is 20.5. The lowest BCUT2D eigenvalue weighted by Crippen LogP contribution is -2.64. The van der Waals surface area contributed by atoms with Crippen LogP contribution in [-0.4, -0.2) is 66.6 Å². The molecule has 2 aromatic carbocycles. The maximum atomic E-state index is 13.7. The Morgan fingerprint density at radius 1 is 1.06 bits per heavy atom. The average molecular weight is 478 g/mol. The van der Waals surface area contributed by atoms with Crippen LogP contribution in [0.25, 0.3) is 10.9 Å². The van der Waals surface area contributed by atoms with Crippen LogP contribution in [0, 0.1) is 0 Å². The first-order valence-electron chi connectivity index (χ1n) is 11.9. The van der Waals surface area contributed by atoms with Crippen LogP contribution in [0.2, 0.25) is 0 Å². The molecule has 0 saturated carbocycles. The van der Waals surface area contributed by atoms with Crippen molar-refractivity contribution in [3.05, 3.63) is 53.2 Å². The molecule has 0 aliphatic carbocycles. The highest BCUT2D eigenvalue weighted by atomic mass is 16.5. The maximum absolute atomic E-state index is 13.7. The van der Waals surface area contributed by atoms with E-state index in [1.54, 1.807) is 31.1 Å². The Morgan fingerprint density at radius 3 is 2.37 bits per heavy atom. The summed E-state index contributed by atoms with van der Waals surface area (Å²) in [4.78, 5) is 34.5. The van der Waals surface area contributed by atoms with Crippen LogP contribution in [0.5, 0.6) is 17.2 Å². The predicted molar refractivity (Wildman–Crippen MR) is 132 cm³/mol. The average Bonchev–Trinajstić information content (AvgIpc) is 3.26. The lowest BCUT2D eigenvalue weighted by atomic mass is 9.85. The minimum absolute atomic E-state index is 0.00223. The molecular formula is C27H31N3O5. The lowest BCUT2D eigenvalue weighted by Gasteiger charge is -2.48. The molecule has 1 N–H and O–H groups in total.